The second-order valence-electron chi connectivity index (χ2n) is 12.9. The number of fused-ring (bicyclic) bond motifs is 1. The van der Waals surface area contributed by atoms with Crippen LogP contribution in [0.1, 0.15) is 0 Å². The molecule has 0 aliphatic heterocycles. The summed E-state index contributed by atoms with van der Waals surface area (Å²) < 4.78 is 0. The topological polar surface area (TPSA) is 38.7 Å². The first kappa shape index (κ1) is 31.0. The van der Waals surface area contributed by atoms with E-state index in [1.54, 1.807) is 0 Å². The summed E-state index contributed by atoms with van der Waals surface area (Å²) in [6.07, 6.45) is 0. The van der Waals surface area contributed by atoms with Crippen LogP contribution in [-0.2, 0) is 0 Å². The highest BCUT2D eigenvalue weighted by molar-refractivity contribution is 5.97. The molecule has 0 atom stereocenters. The van der Waals surface area contributed by atoms with Gasteiger partial charge < -0.3 is 0 Å². The fourth-order valence-electron chi connectivity index (χ4n) is 6.91. The molecule has 0 spiro atoms. The van der Waals surface area contributed by atoms with Gasteiger partial charge in [-0.3, -0.25) is 0 Å². The first-order valence-corrected chi connectivity index (χ1v) is 17.5. The van der Waals surface area contributed by atoms with Gasteiger partial charge in [0.15, 0.2) is 17.5 Å². The Balaban J connectivity index is 1.12. The van der Waals surface area contributed by atoms with Crippen LogP contribution in [0.15, 0.2) is 200 Å². The van der Waals surface area contributed by atoms with Crippen molar-refractivity contribution in [3.8, 4) is 78.7 Å². The summed E-state index contributed by atoms with van der Waals surface area (Å²) in [6.45, 7) is 0. The van der Waals surface area contributed by atoms with Crippen LogP contribution in [0.4, 0.5) is 0 Å². The molecule has 0 saturated carbocycles. The zero-order valence-corrected chi connectivity index (χ0v) is 28.4. The smallest absolute Gasteiger partial charge is 0.164 e. The maximum atomic E-state index is 5.04. The van der Waals surface area contributed by atoms with Gasteiger partial charge in [0.25, 0.3) is 0 Å². The van der Waals surface area contributed by atoms with Gasteiger partial charge in [0, 0.05) is 16.7 Å². The summed E-state index contributed by atoms with van der Waals surface area (Å²) in [7, 11) is 0. The molecule has 8 aromatic carbocycles. The van der Waals surface area contributed by atoms with Crippen molar-refractivity contribution in [3.05, 3.63) is 200 Å². The van der Waals surface area contributed by atoms with Crippen LogP contribution in [0.25, 0.3) is 89.4 Å². The van der Waals surface area contributed by atoms with Crippen molar-refractivity contribution in [2.75, 3.05) is 0 Å². The van der Waals surface area contributed by atoms with Gasteiger partial charge in [0.2, 0.25) is 0 Å². The lowest BCUT2D eigenvalue weighted by atomic mass is 9.87. The first-order chi connectivity index (χ1) is 25.8. The summed E-state index contributed by atoms with van der Waals surface area (Å²) in [5.41, 5.74) is 12.4. The maximum Gasteiger partial charge on any atom is 0.164 e. The summed E-state index contributed by atoms with van der Waals surface area (Å²) in [6, 6.07) is 70.1. The Kier molecular flexibility index (Phi) is 8.20. The van der Waals surface area contributed by atoms with Crippen molar-refractivity contribution in [2.24, 2.45) is 0 Å². The SMILES string of the molecule is c1ccc(-c2ccc(-c3nc(-c4ccccc4)nc(-c4ccc5cc(-c6cccc(-c7ccccc7)c6-c6ccccc6)ccc5c4)n3)cc2)cc1. The number of hydrogen-bond donors (Lipinski definition) is 0. The van der Waals surface area contributed by atoms with Gasteiger partial charge in [-0.25, -0.2) is 15.0 Å². The molecule has 9 rings (SSSR count). The lowest BCUT2D eigenvalue weighted by molar-refractivity contribution is 1.07. The van der Waals surface area contributed by atoms with E-state index in [4.69, 9.17) is 15.0 Å². The maximum absolute atomic E-state index is 5.04. The van der Waals surface area contributed by atoms with E-state index in [0.29, 0.717) is 17.5 Å². The molecule has 1 aromatic heterocycles. The molecule has 3 heteroatoms. The Labute approximate surface area is 303 Å². The molecule has 52 heavy (non-hydrogen) atoms. The second kappa shape index (κ2) is 13.7. The van der Waals surface area contributed by atoms with Crippen LogP contribution in [0.2, 0.25) is 0 Å². The molecule has 0 unspecified atom stereocenters. The van der Waals surface area contributed by atoms with E-state index in [1.165, 1.54) is 38.9 Å². The number of benzene rings is 8. The normalized spacial score (nSPS) is 11.1. The van der Waals surface area contributed by atoms with E-state index in [-0.39, 0.29) is 0 Å². The van der Waals surface area contributed by atoms with Crippen molar-refractivity contribution in [1.29, 1.82) is 0 Å². The van der Waals surface area contributed by atoms with Crippen molar-refractivity contribution >= 4 is 10.8 Å². The summed E-state index contributed by atoms with van der Waals surface area (Å²) >= 11 is 0. The fraction of sp³-hybridized carbons (Fsp3) is 0. The molecule has 0 amide bonds. The third-order valence-electron chi connectivity index (χ3n) is 9.54. The van der Waals surface area contributed by atoms with Crippen LogP contribution in [0, 0.1) is 0 Å². The Bertz CT molecular complexity index is 2640. The summed E-state index contributed by atoms with van der Waals surface area (Å²) in [4.78, 5) is 15.0. The molecule has 1 heterocycles. The number of aromatic nitrogens is 3. The highest BCUT2D eigenvalue weighted by atomic mass is 15.0. The van der Waals surface area contributed by atoms with Gasteiger partial charge >= 0.3 is 0 Å². The van der Waals surface area contributed by atoms with Crippen LogP contribution < -0.4 is 0 Å². The fourth-order valence-corrected chi connectivity index (χ4v) is 6.91. The van der Waals surface area contributed by atoms with E-state index in [0.717, 1.165) is 33.0 Å². The van der Waals surface area contributed by atoms with Crippen LogP contribution in [0.3, 0.4) is 0 Å². The third kappa shape index (κ3) is 6.17. The molecule has 3 nitrogen and oxygen atoms in total. The van der Waals surface area contributed by atoms with Crippen molar-refractivity contribution < 1.29 is 0 Å². The number of rotatable bonds is 7. The largest absolute Gasteiger partial charge is 0.208 e. The molecule has 0 fully saturated rings. The monoisotopic (exact) mass is 663 g/mol. The van der Waals surface area contributed by atoms with Gasteiger partial charge in [-0.1, -0.05) is 188 Å². The van der Waals surface area contributed by atoms with Crippen molar-refractivity contribution in [2.45, 2.75) is 0 Å². The minimum atomic E-state index is 0.642. The Morgan fingerprint density at radius 2 is 0.596 bits per heavy atom. The predicted octanol–water partition coefficient (Wildman–Crippen LogP) is 12.7. The first-order valence-electron chi connectivity index (χ1n) is 17.5. The number of nitrogens with zero attached hydrogens (tertiary/aromatic N) is 3. The molecule has 0 aliphatic carbocycles. The zero-order valence-electron chi connectivity index (χ0n) is 28.4. The third-order valence-corrected chi connectivity index (χ3v) is 9.54. The van der Waals surface area contributed by atoms with E-state index in [9.17, 15) is 0 Å². The average Bonchev–Trinajstić information content (AvgIpc) is 3.24. The molecule has 0 N–H and O–H groups in total. The van der Waals surface area contributed by atoms with E-state index in [2.05, 4.69) is 164 Å². The molecule has 0 bridgehead atoms. The van der Waals surface area contributed by atoms with Crippen LogP contribution in [-0.4, -0.2) is 15.0 Å². The molecule has 0 saturated heterocycles. The quantitative estimate of drug-likeness (QED) is 0.170. The molecule has 244 valence electrons. The Hall–Kier alpha value is -6.97. The zero-order chi connectivity index (χ0) is 34.7. The number of hydrogen-bond acceptors (Lipinski definition) is 3. The van der Waals surface area contributed by atoms with Crippen molar-refractivity contribution in [3.63, 3.8) is 0 Å². The molecular formula is C49H33N3. The van der Waals surface area contributed by atoms with Gasteiger partial charge in [0.1, 0.15) is 0 Å². The minimum absolute atomic E-state index is 0.642. The van der Waals surface area contributed by atoms with Crippen molar-refractivity contribution in [1.82, 2.24) is 15.0 Å². The van der Waals surface area contributed by atoms with Gasteiger partial charge in [-0.2, -0.15) is 0 Å². The predicted molar refractivity (Wildman–Crippen MR) is 215 cm³/mol. The molecular weight excluding hydrogens is 631 g/mol. The summed E-state index contributed by atoms with van der Waals surface area (Å²) in [5, 5.41) is 2.27. The standard InChI is InChI=1S/C49H33N3/c1-5-14-34(15-6-1)35-24-26-39(27-25-35)48-50-47(38-20-11-4-12-21-38)51-49(52-48)43-31-29-40-32-42(30-28-41(40)33-43)45-23-13-22-44(36-16-7-2-8-17-36)46(45)37-18-9-3-10-19-37/h1-33H. The highest BCUT2D eigenvalue weighted by Gasteiger charge is 2.16. The van der Waals surface area contributed by atoms with E-state index in [1.807, 2.05) is 36.4 Å². The summed E-state index contributed by atoms with van der Waals surface area (Å²) in [5.74, 6) is 1.93. The van der Waals surface area contributed by atoms with Crippen LogP contribution >= 0.6 is 0 Å². The van der Waals surface area contributed by atoms with Gasteiger partial charge in [-0.15, -0.1) is 0 Å². The average molecular weight is 664 g/mol. The van der Waals surface area contributed by atoms with Crippen LogP contribution in [0.5, 0.6) is 0 Å². The van der Waals surface area contributed by atoms with Gasteiger partial charge in [0.05, 0.1) is 0 Å². The van der Waals surface area contributed by atoms with Gasteiger partial charge in [-0.05, 0) is 67.4 Å². The molecule has 0 radical (unpaired) electrons. The minimum Gasteiger partial charge on any atom is -0.208 e. The Morgan fingerprint density at radius 1 is 0.231 bits per heavy atom. The molecule has 0 aliphatic rings. The van der Waals surface area contributed by atoms with E-state index < -0.39 is 0 Å². The molecule has 9 aromatic rings. The Morgan fingerprint density at radius 3 is 1.17 bits per heavy atom. The lowest BCUT2D eigenvalue weighted by Crippen LogP contribution is -2.00. The second-order valence-corrected chi connectivity index (χ2v) is 12.9. The lowest BCUT2D eigenvalue weighted by Gasteiger charge is -2.17. The highest BCUT2D eigenvalue weighted by Crippen LogP contribution is 2.41. The van der Waals surface area contributed by atoms with E-state index >= 15 is 0 Å².